The summed E-state index contributed by atoms with van der Waals surface area (Å²) in [6.07, 6.45) is 3.03. The van der Waals surface area contributed by atoms with E-state index in [2.05, 4.69) is 0 Å². The van der Waals surface area contributed by atoms with E-state index in [1.165, 1.54) is 0 Å². The fourth-order valence-electron chi connectivity index (χ4n) is 2.12. The van der Waals surface area contributed by atoms with Gasteiger partial charge in [0.05, 0.1) is 4.90 Å². The van der Waals surface area contributed by atoms with Crippen molar-refractivity contribution >= 4 is 25.6 Å². The molecule has 1 heterocycles. The number of carbonyl (C=O) groups excluding carboxylic acids is 1. The molecule has 5 nitrogen and oxygen atoms in total. The average Bonchev–Trinajstić information content (AvgIpc) is 2.45. The third-order valence-corrected chi connectivity index (χ3v) is 4.60. The van der Waals surface area contributed by atoms with E-state index < -0.39 is 14.9 Å². The van der Waals surface area contributed by atoms with E-state index in [1.54, 1.807) is 4.90 Å². The van der Waals surface area contributed by atoms with E-state index in [-0.39, 0.29) is 23.2 Å². The molecule has 8 heteroatoms. The van der Waals surface area contributed by atoms with E-state index in [0.29, 0.717) is 13.1 Å². The SMILES string of the molecule is O=C(COc1ccc(S(=O)(=O)Cl)cc1F)N1CCCCC1. The van der Waals surface area contributed by atoms with E-state index in [4.69, 9.17) is 15.4 Å². The summed E-state index contributed by atoms with van der Waals surface area (Å²) >= 11 is 0. The molecule has 0 N–H and O–H groups in total. The average molecular weight is 336 g/mol. The second-order valence-electron chi connectivity index (χ2n) is 4.76. The molecule has 0 atom stereocenters. The number of amides is 1. The molecule has 0 spiro atoms. The van der Waals surface area contributed by atoms with Crippen molar-refractivity contribution in [3.8, 4) is 5.75 Å². The smallest absolute Gasteiger partial charge is 0.261 e. The van der Waals surface area contributed by atoms with Crippen molar-refractivity contribution in [2.75, 3.05) is 19.7 Å². The van der Waals surface area contributed by atoms with Crippen LogP contribution in [0.4, 0.5) is 4.39 Å². The zero-order valence-corrected chi connectivity index (χ0v) is 12.8. The van der Waals surface area contributed by atoms with Crippen molar-refractivity contribution in [1.29, 1.82) is 0 Å². The highest BCUT2D eigenvalue weighted by Gasteiger charge is 2.18. The van der Waals surface area contributed by atoms with Crippen LogP contribution < -0.4 is 4.74 Å². The lowest BCUT2D eigenvalue weighted by Gasteiger charge is -2.26. The summed E-state index contributed by atoms with van der Waals surface area (Å²) < 4.78 is 40.9. The first-order valence-corrected chi connectivity index (χ1v) is 8.83. The second-order valence-corrected chi connectivity index (χ2v) is 7.33. The minimum absolute atomic E-state index is 0.176. The molecule has 0 radical (unpaired) electrons. The van der Waals surface area contributed by atoms with Gasteiger partial charge in [-0.3, -0.25) is 4.79 Å². The first-order chi connectivity index (χ1) is 9.88. The van der Waals surface area contributed by atoms with Gasteiger partial charge in [-0.05, 0) is 37.5 Å². The molecule has 0 aromatic heterocycles. The molecule has 0 unspecified atom stereocenters. The van der Waals surface area contributed by atoms with Crippen LogP contribution in [0.3, 0.4) is 0 Å². The van der Waals surface area contributed by atoms with Gasteiger partial charge in [0.25, 0.3) is 15.0 Å². The maximum atomic E-state index is 13.7. The number of nitrogens with zero attached hydrogens (tertiary/aromatic N) is 1. The number of hydrogen-bond donors (Lipinski definition) is 0. The molecule has 1 saturated heterocycles. The van der Waals surface area contributed by atoms with E-state index in [9.17, 15) is 17.6 Å². The molecule has 0 aliphatic carbocycles. The van der Waals surface area contributed by atoms with Crippen LogP contribution in [0, 0.1) is 5.82 Å². The predicted octanol–water partition coefficient (Wildman–Crippen LogP) is 2.14. The number of benzene rings is 1. The zero-order chi connectivity index (χ0) is 15.5. The molecule has 116 valence electrons. The number of piperidine rings is 1. The third-order valence-electron chi connectivity index (χ3n) is 3.24. The van der Waals surface area contributed by atoms with Crippen molar-refractivity contribution in [3.63, 3.8) is 0 Å². The number of ether oxygens (including phenoxy) is 1. The Hall–Kier alpha value is -1.34. The Bertz CT molecular complexity index is 629. The summed E-state index contributed by atoms with van der Waals surface area (Å²) in [6.45, 7) is 1.10. The molecule has 1 aliphatic heterocycles. The minimum Gasteiger partial charge on any atom is -0.481 e. The Labute approximate surface area is 127 Å². The molecular weight excluding hydrogens is 321 g/mol. The molecule has 1 amide bonds. The van der Waals surface area contributed by atoms with Crippen LogP contribution in [0.5, 0.6) is 5.75 Å². The number of carbonyl (C=O) groups is 1. The van der Waals surface area contributed by atoms with Crippen molar-refractivity contribution in [2.45, 2.75) is 24.2 Å². The lowest BCUT2D eigenvalue weighted by Crippen LogP contribution is -2.38. The van der Waals surface area contributed by atoms with Crippen LogP contribution >= 0.6 is 10.7 Å². The zero-order valence-electron chi connectivity index (χ0n) is 11.2. The molecule has 1 aromatic rings. The van der Waals surface area contributed by atoms with Crippen molar-refractivity contribution in [2.24, 2.45) is 0 Å². The van der Waals surface area contributed by atoms with Crippen molar-refractivity contribution in [3.05, 3.63) is 24.0 Å². The van der Waals surface area contributed by atoms with Gasteiger partial charge in [0, 0.05) is 23.8 Å². The van der Waals surface area contributed by atoms with Crippen LogP contribution in [-0.4, -0.2) is 38.9 Å². The van der Waals surface area contributed by atoms with Gasteiger partial charge < -0.3 is 9.64 Å². The van der Waals surface area contributed by atoms with Gasteiger partial charge in [-0.15, -0.1) is 0 Å². The van der Waals surface area contributed by atoms with Gasteiger partial charge in [-0.2, -0.15) is 0 Å². The van der Waals surface area contributed by atoms with Gasteiger partial charge >= 0.3 is 0 Å². The highest BCUT2D eigenvalue weighted by atomic mass is 35.7. The normalized spacial score (nSPS) is 15.8. The second kappa shape index (κ2) is 6.62. The molecule has 1 fully saturated rings. The summed E-state index contributed by atoms with van der Waals surface area (Å²) in [5, 5.41) is 0. The number of halogens is 2. The van der Waals surface area contributed by atoms with Crippen LogP contribution in [0.2, 0.25) is 0 Å². The molecule has 1 aliphatic rings. The first-order valence-electron chi connectivity index (χ1n) is 6.53. The third kappa shape index (κ3) is 4.31. The maximum Gasteiger partial charge on any atom is 0.261 e. The molecule has 2 rings (SSSR count). The van der Waals surface area contributed by atoms with Gasteiger partial charge in [-0.25, -0.2) is 12.8 Å². The van der Waals surface area contributed by atoms with Gasteiger partial charge in [0.1, 0.15) is 0 Å². The molecular formula is C13H15ClFNO4S. The predicted molar refractivity (Wildman–Crippen MR) is 75.4 cm³/mol. The lowest BCUT2D eigenvalue weighted by molar-refractivity contribution is -0.134. The Kier molecular flexibility index (Phi) is 5.05. The quantitative estimate of drug-likeness (QED) is 0.791. The summed E-state index contributed by atoms with van der Waals surface area (Å²) in [5.74, 6) is -1.25. The highest BCUT2D eigenvalue weighted by Crippen LogP contribution is 2.23. The monoisotopic (exact) mass is 335 g/mol. The van der Waals surface area contributed by atoms with Crippen LogP contribution in [-0.2, 0) is 13.8 Å². The number of hydrogen-bond acceptors (Lipinski definition) is 4. The summed E-state index contributed by atoms with van der Waals surface area (Å²) in [6, 6.07) is 3.04. The largest absolute Gasteiger partial charge is 0.481 e. The summed E-state index contributed by atoms with van der Waals surface area (Å²) in [5.41, 5.74) is 0. The molecule has 21 heavy (non-hydrogen) atoms. The van der Waals surface area contributed by atoms with Crippen molar-refractivity contribution in [1.82, 2.24) is 4.90 Å². The highest BCUT2D eigenvalue weighted by molar-refractivity contribution is 8.13. The van der Waals surface area contributed by atoms with Gasteiger partial charge in [0.15, 0.2) is 18.2 Å². The standard InChI is InChI=1S/C13H15ClFNO4S/c14-21(18,19)10-4-5-12(11(15)8-10)20-9-13(17)16-6-2-1-3-7-16/h4-5,8H,1-3,6-7,9H2. The van der Waals surface area contributed by atoms with Gasteiger partial charge in [0.2, 0.25) is 0 Å². The summed E-state index contributed by atoms with van der Waals surface area (Å²) in [7, 11) is 1.13. The van der Waals surface area contributed by atoms with E-state index in [1.807, 2.05) is 0 Å². The Balaban J connectivity index is 1.98. The minimum atomic E-state index is -3.99. The lowest BCUT2D eigenvalue weighted by atomic mass is 10.1. The fourth-order valence-corrected chi connectivity index (χ4v) is 2.89. The summed E-state index contributed by atoms with van der Waals surface area (Å²) in [4.78, 5) is 13.2. The van der Waals surface area contributed by atoms with Gasteiger partial charge in [-0.1, -0.05) is 0 Å². The van der Waals surface area contributed by atoms with Crippen molar-refractivity contribution < 1.29 is 22.3 Å². The van der Waals surface area contributed by atoms with Crippen LogP contribution in [0.25, 0.3) is 0 Å². The molecule has 0 bridgehead atoms. The van der Waals surface area contributed by atoms with E-state index in [0.717, 1.165) is 37.5 Å². The maximum absolute atomic E-state index is 13.7. The molecule has 1 aromatic carbocycles. The molecule has 0 saturated carbocycles. The number of likely N-dealkylation sites (tertiary alicyclic amines) is 1. The fraction of sp³-hybridized carbons (Fsp3) is 0.462. The first kappa shape index (κ1) is 16.0. The number of rotatable bonds is 4. The topological polar surface area (TPSA) is 63.7 Å². The Morgan fingerprint density at radius 1 is 1.29 bits per heavy atom. The Morgan fingerprint density at radius 2 is 1.95 bits per heavy atom. The van der Waals surface area contributed by atoms with E-state index >= 15 is 0 Å². The van der Waals surface area contributed by atoms with Crippen LogP contribution in [0.1, 0.15) is 19.3 Å². The Morgan fingerprint density at radius 3 is 2.52 bits per heavy atom. The van der Waals surface area contributed by atoms with Crippen LogP contribution in [0.15, 0.2) is 23.1 Å².